The summed E-state index contributed by atoms with van der Waals surface area (Å²) in [5.41, 5.74) is 5.12. The Morgan fingerprint density at radius 3 is 1.60 bits per heavy atom. The Morgan fingerprint density at radius 2 is 1.27 bits per heavy atom. The summed E-state index contributed by atoms with van der Waals surface area (Å²) in [6.45, 7) is 0.252. The zero-order valence-electron chi connectivity index (χ0n) is 8.04. The minimum absolute atomic E-state index is 0.0997. The highest BCUT2D eigenvalue weighted by Crippen LogP contribution is 2.29. The van der Waals surface area contributed by atoms with Crippen LogP contribution in [-0.2, 0) is 0 Å². The SMILES string of the molecule is NCCCCC(O)(O)C(O)(O)C(O)(O)O. The fourth-order valence-electron chi connectivity index (χ4n) is 0.959. The molecule has 9 N–H and O–H groups in total. The van der Waals surface area contributed by atoms with E-state index in [0.717, 1.165) is 0 Å². The van der Waals surface area contributed by atoms with Gasteiger partial charge in [0.1, 0.15) is 0 Å². The van der Waals surface area contributed by atoms with Crippen LogP contribution in [0.2, 0.25) is 0 Å². The lowest BCUT2D eigenvalue weighted by Crippen LogP contribution is -2.68. The maximum Gasteiger partial charge on any atom is 0.338 e. The molecule has 0 aromatic heterocycles. The summed E-state index contributed by atoms with van der Waals surface area (Å²) in [5, 5.41) is 61.7. The molecule has 15 heavy (non-hydrogen) atoms. The molecule has 0 aliphatic carbocycles. The Bertz CT molecular complexity index is 198. The van der Waals surface area contributed by atoms with E-state index < -0.39 is 24.0 Å². The first-order valence-electron chi connectivity index (χ1n) is 4.33. The van der Waals surface area contributed by atoms with Gasteiger partial charge in [0.2, 0.25) is 5.79 Å². The number of unbranched alkanes of at least 4 members (excludes halogenated alkanes) is 1. The average molecular weight is 227 g/mol. The molecule has 0 saturated heterocycles. The average Bonchev–Trinajstić information content (AvgIpc) is 2.02. The molecule has 0 aliphatic heterocycles. The molecule has 92 valence electrons. The van der Waals surface area contributed by atoms with Gasteiger partial charge in [0, 0.05) is 6.42 Å². The van der Waals surface area contributed by atoms with Crippen LogP contribution in [0.5, 0.6) is 0 Å². The number of hydrogen-bond acceptors (Lipinski definition) is 8. The molecule has 0 bridgehead atoms. The Balaban J connectivity index is 4.56. The van der Waals surface area contributed by atoms with Crippen LogP contribution < -0.4 is 5.73 Å². The van der Waals surface area contributed by atoms with Gasteiger partial charge in [-0.2, -0.15) is 0 Å². The van der Waals surface area contributed by atoms with Crippen molar-refractivity contribution in [2.24, 2.45) is 5.73 Å². The Kier molecular flexibility index (Phi) is 4.58. The van der Waals surface area contributed by atoms with Gasteiger partial charge in [-0.05, 0) is 19.4 Å². The number of nitrogens with two attached hydrogens (primary N) is 1. The van der Waals surface area contributed by atoms with E-state index in [0.29, 0.717) is 6.42 Å². The fraction of sp³-hybridized carbons (Fsp3) is 1.00. The lowest BCUT2D eigenvalue weighted by molar-refractivity contribution is -0.509. The van der Waals surface area contributed by atoms with Crippen molar-refractivity contribution in [2.45, 2.75) is 36.8 Å². The molecule has 0 rings (SSSR count). The van der Waals surface area contributed by atoms with Crippen molar-refractivity contribution < 1.29 is 35.7 Å². The van der Waals surface area contributed by atoms with E-state index in [2.05, 4.69) is 0 Å². The maximum atomic E-state index is 9.14. The molecular formula is C7H17NO7. The molecule has 0 atom stereocenters. The van der Waals surface area contributed by atoms with Crippen molar-refractivity contribution in [3.8, 4) is 0 Å². The second-order valence-electron chi connectivity index (χ2n) is 3.37. The summed E-state index contributed by atoms with van der Waals surface area (Å²) in [4.78, 5) is 0. The van der Waals surface area contributed by atoms with Crippen molar-refractivity contribution in [1.82, 2.24) is 0 Å². The van der Waals surface area contributed by atoms with E-state index in [-0.39, 0.29) is 13.0 Å². The molecular weight excluding hydrogens is 210 g/mol. The predicted molar refractivity (Wildman–Crippen MR) is 46.6 cm³/mol. The topological polar surface area (TPSA) is 168 Å². The van der Waals surface area contributed by atoms with Crippen LogP contribution in [0.15, 0.2) is 0 Å². The van der Waals surface area contributed by atoms with Gasteiger partial charge in [-0.25, -0.2) is 0 Å². The Labute approximate surface area is 85.8 Å². The molecule has 0 heterocycles. The zero-order chi connectivity index (χ0) is 12.3. The fourth-order valence-corrected chi connectivity index (χ4v) is 0.959. The van der Waals surface area contributed by atoms with Crippen molar-refractivity contribution in [3.05, 3.63) is 0 Å². The predicted octanol–water partition coefficient (Wildman–Crippen LogP) is -3.89. The molecule has 0 spiro atoms. The highest BCUT2D eigenvalue weighted by atomic mass is 16.7. The van der Waals surface area contributed by atoms with Crippen LogP contribution in [0, 0.1) is 0 Å². The van der Waals surface area contributed by atoms with Crippen LogP contribution in [0.4, 0.5) is 0 Å². The Hall–Kier alpha value is -0.320. The van der Waals surface area contributed by atoms with Gasteiger partial charge in [0.25, 0.3) is 0 Å². The summed E-state index contributed by atoms with van der Waals surface area (Å²) < 4.78 is 0. The molecule has 0 unspecified atom stereocenters. The smallest absolute Gasteiger partial charge is 0.338 e. The maximum absolute atomic E-state index is 9.14. The van der Waals surface area contributed by atoms with Gasteiger partial charge < -0.3 is 41.5 Å². The molecule has 8 nitrogen and oxygen atoms in total. The molecule has 0 amide bonds. The van der Waals surface area contributed by atoms with E-state index >= 15 is 0 Å². The van der Waals surface area contributed by atoms with Gasteiger partial charge in [0.05, 0.1) is 0 Å². The van der Waals surface area contributed by atoms with Gasteiger partial charge in [-0.15, -0.1) is 0 Å². The molecule has 0 fully saturated rings. The third-order valence-corrected chi connectivity index (χ3v) is 2.01. The molecule has 0 aromatic rings. The minimum atomic E-state index is -4.04. The van der Waals surface area contributed by atoms with E-state index in [1.165, 1.54) is 0 Å². The summed E-state index contributed by atoms with van der Waals surface area (Å²) in [6, 6.07) is 0. The summed E-state index contributed by atoms with van der Waals surface area (Å²) in [5.74, 6) is -11.2. The highest BCUT2D eigenvalue weighted by molar-refractivity contribution is 4.87. The van der Waals surface area contributed by atoms with Gasteiger partial charge >= 0.3 is 11.8 Å². The quantitative estimate of drug-likeness (QED) is 0.168. The van der Waals surface area contributed by atoms with Gasteiger partial charge in [-0.1, -0.05) is 0 Å². The third kappa shape index (κ3) is 3.33. The van der Waals surface area contributed by atoms with Crippen LogP contribution in [-0.4, -0.2) is 59.8 Å². The molecule has 0 saturated carbocycles. The highest BCUT2D eigenvalue weighted by Gasteiger charge is 2.61. The molecule has 0 aliphatic rings. The molecule has 0 radical (unpaired) electrons. The van der Waals surface area contributed by atoms with Gasteiger partial charge in [-0.3, -0.25) is 0 Å². The number of rotatable bonds is 6. The first kappa shape index (κ1) is 14.7. The van der Waals surface area contributed by atoms with Crippen molar-refractivity contribution >= 4 is 0 Å². The van der Waals surface area contributed by atoms with Crippen LogP contribution in [0.3, 0.4) is 0 Å². The van der Waals surface area contributed by atoms with E-state index in [1.54, 1.807) is 0 Å². The van der Waals surface area contributed by atoms with E-state index in [4.69, 9.17) is 41.5 Å². The van der Waals surface area contributed by atoms with Crippen molar-refractivity contribution in [2.75, 3.05) is 6.54 Å². The largest absolute Gasteiger partial charge is 0.361 e. The van der Waals surface area contributed by atoms with Crippen molar-refractivity contribution in [1.29, 1.82) is 0 Å². The van der Waals surface area contributed by atoms with Crippen LogP contribution in [0.25, 0.3) is 0 Å². The molecule has 8 heteroatoms. The van der Waals surface area contributed by atoms with Crippen LogP contribution in [0.1, 0.15) is 19.3 Å². The second kappa shape index (κ2) is 4.68. The monoisotopic (exact) mass is 227 g/mol. The lowest BCUT2D eigenvalue weighted by atomic mass is 9.97. The number of hydrogen-bond donors (Lipinski definition) is 8. The first-order valence-corrected chi connectivity index (χ1v) is 4.33. The third-order valence-electron chi connectivity index (χ3n) is 2.01. The van der Waals surface area contributed by atoms with E-state index in [9.17, 15) is 0 Å². The van der Waals surface area contributed by atoms with E-state index in [1.807, 2.05) is 0 Å². The minimum Gasteiger partial charge on any atom is -0.361 e. The lowest BCUT2D eigenvalue weighted by Gasteiger charge is -2.39. The molecule has 0 aromatic carbocycles. The summed E-state index contributed by atoms with van der Waals surface area (Å²) in [6.07, 6.45) is -0.128. The number of aliphatic hydroxyl groups is 7. The normalized spacial score (nSPS) is 14.4. The Morgan fingerprint density at radius 1 is 0.800 bits per heavy atom. The van der Waals surface area contributed by atoms with Crippen molar-refractivity contribution in [3.63, 3.8) is 0 Å². The summed E-state index contributed by atoms with van der Waals surface area (Å²) >= 11 is 0. The van der Waals surface area contributed by atoms with Gasteiger partial charge in [0.15, 0.2) is 0 Å². The first-order chi connectivity index (χ1) is 6.56. The second-order valence-corrected chi connectivity index (χ2v) is 3.37. The zero-order valence-corrected chi connectivity index (χ0v) is 8.04. The summed E-state index contributed by atoms with van der Waals surface area (Å²) in [7, 11) is 0. The standard InChI is InChI=1S/C7H17NO7/c8-4-2-1-3-5(9,10)6(11,12)7(13,14)15/h9-15H,1-4,8H2. The van der Waals surface area contributed by atoms with Crippen LogP contribution >= 0.6 is 0 Å².